The van der Waals surface area contributed by atoms with Crippen LogP contribution in [0.2, 0.25) is 0 Å². The summed E-state index contributed by atoms with van der Waals surface area (Å²) in [5.74, 6) is 0.0747. The van der Waals surface area contributed by atoms with Crippen LogP contribution in [0.5, 0.6) is 0 Å². The zero-order valence-electron chi connectivity index (χ0n) is 14.3. The van der Waals surface area contributed by atoms with Gasteiger partial charge in [-0.25, -0.2) is 0 Å². The lowest BCUT2D eigenvalue weighted by Crippen LogP contribution is -2.43. The predicted molar refractivity (Wildman–Crippen MR) is 92.6 cm³/mol. The van der Waals surface area contributed by atoms with E-state index in [9.17, 15) is 4.79 Å². The minimum absolute atomic E-state index is 0.0747. The minimum Gasteiger partial charge on any atom is -0.464 e. The standard InChI is InChI=1S/C19H26N2O2/c1-13-8-16-15(11-23-17(16)9-14(13)2)10-18(22)21-12-19(3)4-6-20-7-5-19/h8-9,11,20H,4-7,10,12H2,1-3H3,(H,21,22). The van der Waals surface area contributed by atoms with Crippen molar-refractivity contribution in [1.29, 1.82) is 0 Å². The van der Waals surface area contributed by atoms with Crippen LogP contribution in [0.15, 0.2) is 22.8 Å². The summed E-state index contributed by atoms with van der Waals surface area (Å²) in [6, 6.07) is 4.16. The number of amides is 1. The topological polar surface area (TPSA) is 54.3 Å². The van der Waals surface area contributed by atoms with Gasteiger partial charge >= 0.3 is 0 Å². The highest BCUT2D eigenvalue weighted by molar-refractivity contribution is 5.88. The molecule has 1 aliphatic heterocycles. The van der Waals surface area contributed by atoms with E-state index in [1.165, 1.54) is 11.1 Å². The highest BCUT2D eigenvalue weighted by Crippen LogP contribution is 2.27. The summed E-state index contributed by atoms with van der Waals surface area (Å²) in [6.45, 7) is 9.25. The Labute approximate surface area is 137 Å². The van der Waals surface area contributed by atoms with E-state index in [0.29, 0.717) is 6.42 Å². The summed E-state index contributed by atoms with van der Waals surface area (Å²) >= 11 is 0. The number of fused-ring (bicyclic) bond motifs is 1. The number of hydrogen-bond donors (Lipinski definition) is 2. The first kappa shape index (κ1) is 16.1. The molecule has 2 aromatic rings. The highest BCUT2D eigenvalue weighted by Gasteiger charge is 2.27. The molecular weight excluding hydrogens is 288 g/mol. The zero-order chi connectivity index (χ0) is 16.4. The van der Waals surface area contributed by atoms with Gasteiger partial charge < -0.3 is 15.1 Å². The fourth-order valence-corrected chi connectivity index (χ4v) is 3.23. The van der Waals surface area contributed by atoms with Gasteiger partial charge in [-0.3, -0.25) is 4.79 Å². The SMILES string of the molecule is Cc1cc2occ(CC(=O)NCC3(C)CCNCC3)c2cc1C. The molecule has 1 saturated heterocycles. The van der Waals surface area contributed by atoms with E-state index in [1.54, 1.807) is 6.26 Å². The molecular formula is C19H26N2O2. The lowest BCUT2D eigenvalue weighted by molar-refractivity contribution is -0.121. The second-order valence-corrected chi connectivity index (χ2v) is 7.21. The average Bonchev–Trinajstić information content (AvgIpc) is 2.89. The largest absolute Gasteiger partial charge is 0.464 e. The van der Waals surface area contributed by atoms with Gasteiger partial charge in [-0.05, 0) is 68.5 Å². The van der Waals surface area contributed by atoms with Crippen molar-refractivity contribution in [3.05, 3.63) is 35.1 Å². The molecule has 0 radical (unpaired) electrons. The molecule has 4 heteroatoms. The molecule has 124 valence electrons. The quantitative estimate of drug-likeness (QED) is 0.912. The first-order valence-electron chi connectivity index (χ1n) is 8.42. The maximum absolute atomic E-state index is 12.3. The average molecular weight is 314 g/mol. The number of benzene rings is 1. The van der Waals surface area contributed by atoms with Gasteiger partial charge in [0.25, 0.3) is 0 Å². The first-order chi connectivity index (χ1) is 11.0. The molecule has 1 aromatic heterocycles. The lowest BCUT2D eigenvalue weighted by Gasteiger charge is -2.34. The number of rotatable bonds is 4. The van der Waals surface area contributed by atoms with Crippen LogP contribution in [-0.4, -0.2) is 25.5 Å². The molecule has 0 unspecified atom stereocenters. The zero-order valence-corrected chi connectivity index (χ0v) is 14.3. The molecule has 1 amide bonds. The van der Waals surface area contributed by atoms with E-state index >= 15 is 0 Å². The molecule has 1 aliphatic rings. The van der Waals surface area contributed by atoms with Gasteiger partial charge in [0.2, 0.25) is 5.91 Å². The maximum atomic E-state index is 12.3. The molecule has 3 rings (SSSR count). The Morgan fingerprint density at radius 2 is 1.96 bits per heavy atom. The van der Waals surface area contributed by atoms with E-state index in [-0.39, 0.29) is 11.3 Å². The second kappa shape index (κ2) is 6.36. The van der Waals surface area contributed by atoms with Crippen molar-refractivity contribution in [2.75, 3.05) is 19.6 Å². The van der Waals surface area contributed by atoms with Crippen LogP contribution in [0.25, 0.3) is 11.0 Å². The van der Waals surface area contributed by atoms with Crippen molar-refractivity contribution >= 4 is 16.9 Å². The Morgan fingerprint density at radius 1 is 1.26 bits per heavy atom. The highest BCUT2D eigenvalue weighted by atomic mass is 16.3. The smallest absolute Gasteiger partial charge is 0.224 e. The number of hydrogen-bond acceptors (Lipinski definition) is 3. The van der Waals surface area contributed by atoms with E-state index in [2.05, 4.69) is 37.5 Å². The third-order valence-corrected chi connectivity index (χ3v) is 5.14. The lowest BCUT2D eigenvalue weighted by atomic mass is 9.81. The molecule has 4 nitrogen and oxygen atoms in total. The molecule has 0 saturated carbocycles. The third-order valence-electron chi connectivity index (χ3n) is 5.14. The number of piperidine rings is 1. The van der Waals surface area contributed by atoms with Crippen LogP contribution in [0.3, 0.4) is 0 Å². The first-order valence-corrected chi connectivity index (χ1v) is 8.42. The summed E-state index contributed by atoms with van der Waals surface area (Å²) in [5.41, 5.74) is 4.48. The molecule has 0 atom stereocenters. The Balaban J connectivity index is 1.65. The summed E-state index contributed by atoms with van der Waals surface area (Å²) in [7, 11) is 0. The van der Waals surface area contributed by atoms with Gasteiger partial charge in [0.05, 0.1) is 12.7 Å². The Hall–Kier alpha value is -1.81. The van der Waals surface area contributed by atoms with E-state index in [4.69, 9.17) is 4.42 Å². The van der Waals surface area contributed by atoms with Gasteiger partial charge in [0, 0.05) is 17.5 Å². The van der Waals surface area contributed by atoms with Crippen molar-refractivity contribution in [3.8, 4) is 0 Å². The van der Waals surface area contributed by atoms with Crippen LogP contribution in [0, 0.1) is 19.3 Å². The van der Waals surface area contributed by atoms with Crippen molar-refractivity contribution < 1.29 is 9.21 Å². The van der Waals surface area contributed by atoms with Gasteiger partial charge in [-0.2, -0.15) is 0 Å². The van der Waals surface area contributed by atoms with Crippen molar-refractivity contribution in [2.24, 2.45) is 5.41 Å². The normalized spacial score (nSPS) is 17.3. The summed E-state index contributed by atoms with van der Waals surface area (Å²) in [5, 5.41) is 7.53. The summed E-state index contributed by atoms with van der Waals surface area (Å²) < 4.78 is 5.61. The van der Waals surface area contributed by atoms with Crippen LogP contribution < -0.4 is 10.6 Å². The van der Waals surface area contributed by atoms with Gasteiger partial charge in [0.1, 0.15) is 5.58 Å². The Morgan fingerprint density at radius 3 is 2.70 bits per heavy atom. The fourth-order valence-electron chi connectivity index (χ4n) is 3.23. The number of carbonyl (C=O) groups is 1. The van der Waals surface area contributed by atoms with Gasteiger partial charge in [0.15, 0.2) is 0 Å². The number of nitrogens with one attached hydrogen (secondary N) is 2. The molecule has 1 fully saturated rings. The van der Waals surface area contributed by atoms with Crippen molar-refractivity contribution in [3.63, 3.8) is 0 Å². The molecule has 2 heterocycles. The fraction of sp³-hybridized carbons (Fsp3) is 0.526. The van der Waals surface area contributed by atoms with Gasteiger partial charge in [-0.1, -0.05) is 6.92 Å². The van der Waals surface area contributed by atoms with Crippen LogP contribution in [-0.2, 0) is 11.2 Å². The second-order valence-electron chi connectivity index (χ2n) is 7.21. The maximum Gasteiger partial charge on any atom is 0.224 e. The predicted octanol–water partition coefficient (Wildman–Crippen LogP) is 3.10. The van der Waals surface area contributed by atoms with E-state index in [0.717, 1.165) is 49.0 Å². The number of furan rings is 1. The van der Waals surface area contributed by atoms with Crippen LogP contribution in [0.1, 0.15) is 36.5 Å². The molecule has 23 heavy (non-hydrogen) atoms. The molecule has 0 aliphatic carbocycles. The molecule has 1 aromatic carbocycles. The van der Waals surface area contributed by atoms with E-state index in [1.807, 2.05) is 6.07 Å². The molecule has 0 spiro atoms. The van der Waals surface area contributed by atoms with E-state index < -0.39 is 0 Å². The monoisotopic (exact) mass is 314 g/mol. The van der Waals surface area contributed by atoms with Gasteiger partial charge in [-0.15, -0.1) is 0 Å². The number of aryl methyl sites for hydroxylation is 2. The minimum atomic E-state index is 0.0747. The molecule has 0 bridgehead atoms. The Bertz CT molecular complexity index is 711. The Kier molecular flexibility index (Phi) is 4.44. The van der Waals surface area contributed by atoms with Crippen LogP contribution >= 0.6 is 0 Å². The molecule has 2 N–H and O–H groups in total. The number of carbonyl (C=O) groups excluding carboxylic acids is 1. The van der Waals surface area contributed by atoms with Crippen molar-refractivity contribution in [1.82, 2.24) is 10.6 Å². The van der Waals surface area contributed by atoms with Crippen molar-refractivity contribution in [2.45, 2.75) is 40.0 Å². The summed E-state index contributed by atoms with van der Waals surface area (Å²) in [6.07, 6.45) is 4.32. The van der Waals surface area contributed by atoms with Crippen LogP contribution in [0.4, 0.5) is 0 Å². The summed E-state index contributed by atoms with van der Waals surface area (Å²) in [4.78, 5) is 12.3. The third kappa shape index (κ3) is 3.58.